The van der Waals surface area contributed by atoms with Gasteiger partial charge in [-0.2, -0.15) is 0 Å². The number of amides is 1. The largest absolute Gasteiger partial charge is 0.460 e. The van der Waals surface area contributed by atoms with Gasteiger partial charge in [0.25, 0.3) is 11.7 Å². The Morgan fingerprint density at radius 3 is 2.25 bits per heavy atom. The van der Waals surface area contributed by atoms with Gasteiger partial charge in [-0.3, -0.25) is 19.2 Å². The van der Waals surface area contributed by atoms with Crippen LogP contribution in [-0.2, 0) is 47.7 Å². The SMILES string of the molecule is CO[C@H]1C[C@@H]2CC[C@@H](C)[C@@](O)(O2)C(=O)C(=O)N2CC[C@H]3C[C@H]2C(=O)O[C@@H](CC(=O)[C@H](C)/C=C(\C)[C@@H](O)[C@@H](OC)C(=O)[C@H](C)C[C@H](C)/C=C/C=C/C=C1C)C3C[C@@H]1CC[C@@H](O)[C@H](OC)C1. The summed E-state index contributed by atoms with van der Waals surface area (Å²) in [6.07, 6.45) is 10.7. The van der Waals surface area contributed by atoms with E-state index in [-0.39, 0.29) is 60.7 Å². The Balaban J connectivity index is 1.49. The van der Waals surface area contributed by atoms with Crippen LogP contribution in [-0.4, -0.2) is 132 Å². The molecule has 5 aliphatic rings. The zero-order valence-electron chi connectivity index (χ0n) is 39.5. The van der Waals surface area contributed by atoms with Gasteiger partial charge in [0.1, 0.15) is 30.1 Å². The van der Waals surface area contributed by atoms with Gasteiger partial charge in [0.2, 0.25) is 5.79 Å². The summed E-state index contributed by atoms with van der Waals surface area (Å²) in [7, 11) is 4.53. The summed E-state index contributed by atoms with van der Waals surface area (Å²) in [5.74, 6) is -7.96. The summed E-state index contributed by atoms with van der Waals surface area (Å²) in [5, 5.41) is 34.0. The Hall–Kier alpha value is -3.37. The number of nitrogens with zero attached hydrogens (tertiary/aromatic N) is 1. The molecule has 4 aliphatic heterocycles. The zero-order chi connectivity index (χ0) is 47.0. The van der Waals surface area contributed by atoms with Crippen molar-refractivity contribution in [3.05, 3.63) is 47.6 Å². The number of carbonyl (C=O) groups is 5. The van der Waals surface area contributed by atoms with Crippen LogP contribution in [0.3, 0.4) is 0 Å². The van der Waals surface area contributed by atoms with Crippen LogP contribution in [0.25, 0.3) is 0 Å². The number of methoxy groups -OCH3 is 3. The van der Waals surface area contributed by atoms with E-state index in [1.165, 1.54) is 12.0 Å². The van der Waals surface area contributed by atoms with E-state index in [1.807, 2.05) is 51.2 Å². The second-order valence-corrected chi connectivity index (χ2v) is 19.6. The van der Waals surface area contributed by atoms with Crippen LogP contribution in [0.5, 0.6) is 0 Å². The molecule has 0 aromatic carbocycles. The van der Waals surface area contributed by atoms with Crippen molar-refractivity contribution in [3.63, 3.8) is 0 Å². The molecule has 5 rings (SSSR count). The number of hydrogen-bond donors (Lipinski definition) is 3. The minimum absolute atomic E-state index is 0.0230. The van der Waals surface area contributed by atoms with Gasteiger partial charge in [-0.1, -0.05) is 64.2 Å². The number of fused-ring (bicyclic) bond motifs is 5. The maximum absolute atomic E-state index is 14.3. The highest BCUT2D eigenvalue weighted by atomic mass is 16.6. The molecular weight excluding hydrogens is 823 g/mol. The smallest absolute Gasteiger partial charge is 0.329 e. The average Bonchev–Trinajstić information content (AvgIpc) is 3.36. The van der Waals surface area contributed by atoms with E-state index >= 15 is 0 Å². The molecule has 1 unspecified atom stereocenters. The summed E-state index contributed by atoms with van der Waals surface area (Å²) in [6.45, 7) is 10.8. The maximum atomic E-state index is 14.3. The van der Waals surface area contributed by atoms with E-state index in [0.717, 1.165) is 12.0 Å². The Morgan fingerprint density at radius 1 is 0.828 bits per heavy atom. The molecule has 0 aromatic heterocycles. The first-order valence-electron chi connectivity index (χ1n) is 23.5. The third-order valence-corrected chi connectivity index (χ3v) is 15.0. The first kappa shape index (κ1) is 51.6. The minimum atomic E-state index is -2.42. The van der Waals surface area contributed by atoms with Crippen molar-refractivity contribution < 1.29 is 63.0 Å². The van der Waals surface area contributed by atoms with E-state index in [9.17, 15) is 39.3 Å². The zero-order valence-corrected chi connectivity index (χ0v) is 39.5. The van der Waals surface area contributed by atoms with E-state index in [4.69, 9.17) is 23.7 Å². The van der Waals surface area contributed by atoms with E-state index in [1.54, 1.807) is 41.1 Å². The fraction of sp³-hybridized carbons (Fsp3) is 0.740. The molecule has 64 heavy (non-hydrogen) atoms. The number of esters is 1. The third-order valence-electron chi connectivity index (χ3n) is 15.0. The highest BCUT2D eigenvalue weighted by Gasteiger charge is 2.55. The molecule has 1 saturated carbocycles. The Bertz CT molecular complexity index is 1790. The number of carbonyl (C=O) groups excluding carboxylic acids is 5. The Morgan fingerprint density at radius 2 is 1.56 bits per heavy atom. The van der Waals surface area contributed by atoms with Crippen LogP contribution in [0.4, 0.5) is 0 Å². The van der Waals surface area contributed by atoms with E-state index in [0.29, 0.717) is 56.9 Å². The van der Waals surface area contributed by atoms with E-state index in [2.05, 4.69) is 0 Å². The fourth-order valence-corrected chi connectivity index (χ4v) is 10.8. The van der Waals surface area contributed by atoms with E-state index < -0.39 is 83.9 Å². The molecule has 4 fully saturated rings. The monoisotopic (exact) mass is 898 g/mol. The number of allylic oxidation sites excluding steroid dienone is 6. The van der Waals surface area contributed by atoms with Crippen LogP contribution >= 0.6 is 0 Å². The number of hydrogen-bond acceptors (Lipinski definition) is 13. The molecule has 0 spiro atoms. The molecule has 4 heterocycles. The number of ketones is 3. The summed E-state index contributed by atoms with van der Waals surface area (Å²) < 4.78 is 29.4. The lowest BCUT2D eigenvalue weighted by Crippen LogP contribution is -2.61. The third kappa shape index (κ3) is 12.1. The number of aliphatic hydroxyl groups excluding tert-OH is 2. The van der Waals surface area contributed by atoms with Crippen LogP contribution < -0.4 is 0 Å². The van der Waals surface area contributed by atoms with Crippen molar-refractivity contribution in [2.75, 3.05) is 27.9 Å². The maximum Gasteiger partial charge on any atom is 0.329 e. The topological polar surface area (TPSA) is 195 Å². The van der Waals surface area contributed by atoms with Crippen LogP contribution in [0.15, 0.2) is 47.6 Å². The molecule has 3 N–H and O–H groups in total. The number of aliphatic hydroxyl groups is 3. The van der Waals surface area contributed by atoms with Gasteiger partial charge in [-0.25, -0.2) is 4.79 Å². The number of rotatable bonds is 5. The van der Waals surface area contributed by atoms with Crippen molar-refractivity contribution in [2.45, 2.75) is 167 Å². The van der Waals surface area contributed by atoms with Gasteiger partial charge in [0.05, 0.1) is 24.4 Å². The molecule has 14 heteroatoms. The van der Waals surface area contributed by atoms with Crippen LogP contribution in [0.1, 0.15) is 112 Å². The lowest BCUT2D eigenvalue weighted by molar-refractivity contribution is -0.265. The van der Waals surface area contributed by atoms with Crippen LogP contribution in [0.2, 0.25) is 0 Å². The summed E-state index contributed by atoms with van der Waals surface area (Å²) in [4.78, 5) is 71.8. The van der Waals surface area contributed by atoms with Crippen molar-refractivity contribution in [1.82, 2.24) is 4.90 Å². The summed E-state index contributed by atoms with van der Waals surface area (Å²) in [6, 6.07) is -1.12. The molecular formula is C50H75NO13. The Kier molecular flexibility index (Phi) is 18.5. The van der Waals surface area contributed by atoms with Crippen molar-refractivity contribution in [2.24, 2.45) is 41.4 Å². The predicted octanol–water partition coefficient (Wildman–Crippen LogP) is 5.40. The first-order valence-corrected chi connectivity index (χ1v) is 23.5. The highest BCUT2D eigenvalue weighted by molar-refractivity contribution is 6.39. The molecule has 0 radical (unpaired) electrons. The van der Waals surface area contributed by atoms with Gasteiger partial charge in [0, 0.05) is 58.5 Å². The molecule has 16 atom stereocenters. The second-order valence-electron chi connectivity index (χ2n) is 19.6. The fourth-order valence-electron chi connectivity index (χ4n) is 10.8. The van der Waals surface area contributed by atoms with Crippen molar-refractivity contribution >= 4 is 29.2 Å². The second kappa shape index (κ2) is 22.9. The molecule has 5 bridgehead atoms. The van der Waals surface area contributed by atoms with Crippen molar-refractivity contribution in [3.8, 4) is 0 Å². The molecule has 1 aliphatic carbocycles. The average molecular weight is 898 g/mol. The van der Waals surface area contributed by atoms with Gasteiger partial charge in [-0.05, 0) is 106 Å². The number of piperidine rings is 1. The normalized spacial score (nSPS) is 42.3. The van der Waals surface area contributed by atoms with Gasteiger partial charge < -0.3 is 43.9 Å². The minimum Gasteiger partial charge on any atom is -0.460 e. The quantitative estimate of drug-likeness (QED) is 0.181. The molecule has 358 valence electrons. The Labute approximate surface area is 379 Å². The molecule has 0 aromatic rings. The lowest BCUT2D eigenvalue weighted by Gasteiger charge is -2.43. The van der Waals surface area contributed by atoms with Gasteiger partial charge in [-0.15, -0.1) is 0 Å². The van der Waals surface area contributed by atoms with Crippen molar-refractivity contribution in [1.29, 1.82) is 0 Å². The first-order chi connectivity index (χ1) is 30.3. The molecule has 3 saturated heterocycles. The molecule has 14 nitrogen and oxygen atoms in total. The predicted molar refractivity (Wildman–Crippen MR) is 238 cm³/mol. The highest BCUT2D eigenvalue weighted by Crippen LogP contribution is 2.44. The lowest BCUT2D eigenvalue weighted by atomic mass is 9.71. The number of ether oxygens (including phenoxy) is 5. The summed E-state index contributed by atoms with van der Waals surface area (Å²) in [5.41, 5.74) is 1.28. The van der Waals surface area contributed by atoms with Crippen LogP contribution in [0, 0.1) is 41.4 Å². The number of Topliss-reactive ketones (excluding diaryl/α,β-unsaturated/α-hetero) is 3. The summed E-state index contributed by atoms with van der Waals surface area (Å²) >= 11 is 0. The standard InChI is InChI=1S/C50H75NO13/c1-28-13-11-10-12-14-29(2)41(60-7)26-36-17-15-33(6)50(59,64-36)47(56)48(57)51-20-19-35-25-38(51)49(58)63-42(37(35)23-34-16-18-39(52)43(24-34)61-8)27-40(53)30(3)22-32(5)45(55)46(62-9)44(54)31(4)21-28/h10-14,22,28,30-31,33-39,41-43,45-46,52,55,59H,15-21,23-27H2,1-9H3/b12-10+,13-11+,29-14?,32-22+/t28-,30-,31-,33-,34+,35+,36+,37?,38+,39-,41+,42+,43-,45-,46+,50-/m1/s1. The van der Waals surface area contributed by atoms with Gasteiger partial charge in [0.15, 0.2) is 5.78 Å². The molecule has 1 amide bonds. The van der Waals surface area contributed by atoms with Gasteiger partial charge >= 0.3 is 5.97 Å².